The lowest BCUT2D eigenvalue weighted by Crippen LogP contribution is -2.32. The summed E-state index contributed by atoms with van der Waals surface area (Å²) in [5, 5.41) is 0. The first-order valence-electron chi connectivity index (χ1n) is 16.7. The summed E-state index contributed by atoms with van der Waals surface area (Å²) in [6.07, 6.45) is 1.76. The molecule has 0 fully saturated rings. The summed E-state index contributed by atoms with van der Waals surface area (Å²) < 4.78 is 6.69. The molecule has 0 radical (unpaired) electrons. The second-order valence-electron chi connectivity index (χ2n) is 12.6. The second-order valence-corrected chi connectivity index (χ2v) is 12.6. The molecule has 0 N–H and O–H groups in total. The van der Waals surface area contributed by atoms with Crippen LogP contribution in [0.5, 0.6) is 11.5 Å². The molecule has 2 aromatic heterocycles. The molecule has 3 heterocycles. The van der Waals surface area contributed by atoms with Gasteiger partial charge in [0.05, 0.1) is 5.41 Å². The van der Waals surface area contributed by atoms with Gasteiger partial charge in [-0.1, -0.05) is 133 Å². The van der Waals surface area contributed by atoms with E-state index >= 15 is 0 Å². The molecule has 50 heavy (non-hydrogen) atoms. The van der Waals surface area contributed by atoms with E-state index < -0.39 is 5.41 Å². The van der Waals surface area contributed by atoms with E-state index in [1.807, 2.05) is 60.7 Å². The van der Waals surface area contributed by atoms with Crippen molar-refractivity contribution in [3.05, 3.63) is 192 Å². The largest absolute Gasteiger partial charge is 0.457 e. The van der Waals surface area contributed by atoms with E-state index in [4.69, 9.17) is 19.7 Å². The number of benzene rings is 6. The minimum absolute atomic E-state index is 0.526. The minimum Gasteiger partial charge on any atom is -0.457 e. The Balaban J connectivity index is 1.21. The van der Waals surface area contributed by atoms with Crippen molar-refractivity contribution in [2.45, 2.75) is 5.41 Å². The van der Waals surface area contributed by atoms with Gasteiger partial charge in [0, 0.05) is 28.5 Å². The van der Waals surface area contributed by atoms with Crippen LogP contribution in [0.2, 0.25) is 0 Å². The summed E-state index contributed by atoms with van der Waals surface area (Å²) in [7, 11) is 0. The average molecular weight is 641 g/mol. The van der Waals surface area contributed by atoms with Crippen molar-refractivity contribution in [2.24, 2.45) is 0 Å². The highest BCUT2D eigenvalue weighted by Crippen LogP contribution is 2.62. The van der Waals surface area contributed by atoms with Gasteiger partial charge in [-0.3, -0.25) is 4.98 Å². The molecule has 5 heteroatoms. The van der Waals surface area contributed by atoms with Gasteiger partial charge in [0.15, 0.2) is 17.5 Å². The SMILES string of the molecule is c1ccc(-c2nc(-c3ccccn3)nc(-c3ccccc3-c3ccc4c(c3)C3(c5ccccc5O4)c4ccccc4-c4ccccc43)n2)cc1. The maximum atomic E-state index is 6.69. The number of rotatable bonds is 4. The molecule has 0 amide bonds. The maximum Gasteiger partial charge on any atom is 0.182 e. The predicted molar refractivity (Wildman–Crippen MR) is 197 cm³/mol. The molecule has 2 aliphatic rings. The van der Waals surface area contributed by atoms with Crippen LogP contribution in [0, 0.1) is 0 Å². The van der Waals surface area contributed by atoms with E-state index in [2.05, 4.69) is 108 Å². The third-order valence-corrected chi connectivity index (χ3v) is 9.89. The Morgan fingerprint density at radius 2 is 0.960 bits per heavy atom. The molecule has 1 aliphatic carbocycles. The van der Waals surface area contributed by atoms with Crippen molar-refractivity contribution in [3.8, 4) is 68.0 Å². The second kappa shape index (κ2) is 11.2. The average Bonchev–Trinajstić information content (AvgIpc) is 3.49. The fraction of sp³-hybridized carbons (Fsp3) is 0.0222. The molecule has 0 saturated carbocycles. The lowest BCUT2D eigenvalue weighted by atomic mass is 9.65. The zero-order valence-corrected chi connectivity index (χ0v) is 26.9. The van der Waals surface area contributed by atoms with Crippen LogP contribution in [0.4, 0.5) is 0 Å². The van der Waals surface area contributed by atoms with Gasteiger partial charge < -0.3 is 4.74 Å². The molecule has 1 aliphatic heterocycles. The van der Waals surface area contributed by atoms with Gasteiger partial charge in [0.1, 0.15) is 17.2 Å². The van der Waals surface area contributed by atoms with Gasteiger partial charge in [-0.15, -0.1) is 0 Å². The molecule has 234 valence electrons. The van der Waals surface area contributed by atoms with Crippen molar-refractivity contribution >= 4 is 0 Å². The maximum absolute atomic E-state index is 6.69. The van der Waals surface area contributed by atoms with Gasteiger partial charge >= 0.3 is 0 Å². The molecular weight excluding hydrogens is 613 g/mol. The van der Waals surface area contributed by atoms with E-state index in [1.54, 1.807) is 6.20 Å². The van der Waals surface area contributed by atoms with Crippen molar-refractivity contribution in [1.82, 2.24) is 19.9 Å². The first-order valence-corrected chi connectivity index (χ1v) is 16.7. The monoisotopic (exact) mass is 640 g/mol. The van der Waals surface area contributed by atoms with Crippen LogP contribution in [0.15, 0.2) is 170 Å². The molecule has 5 nitrogen and oxygen atoms in total. The van der Waals surface area contributed by atoms with Crippen LogP contribution in [0.25, 0.3) is 56.5 Å². The summed E-state index contributed by atoms with van der Waals surface area (Å²) in [5.74, 6) is 3.43. The van der Waals surface area contributed by atoms with E-state index in [0.29, 0.717) is 23.2 Å². The molecule has 8 aromatic rings. The summed E-state index contributed by atoms with van der Waals surface area (Å²) >= 11 is 0. The summed E-state index contributed by atoms with van der Waals surface area (Å²) in [6, 6.07) is 56.7. The molecule has 6 aromatic carbocycles. The number of ether oxygens (including phenoxy) is 1. The standard InChI is InChI=1S/C45H28N4O/c1-2-14-29(15-3-1)42-47-43(49-44(48-42)39-23-12-13-27-46-39)34-19-5-4-16-31(34)30-25-26-41-38(28-30)45(37-22-10-11-24-40(37)50-41)35-20-8-6-17-32(35)33-18-7-9-21-36(33)45/h1-28H. The first kappa shape index (κ1) is 28.3. The normalized spacial score (nSPS) is 13.1. The number of fused-ring (bicyclic) bond motifs is 9. The molecule has 10 rings (SSSR count). The van der Waals surface area contributed by atoms with Crippen molar-refractivity contribution < 1.29 is 4.74 Å². The van der Waals surface area contributed by atoms with Gasteiger partial charge in [0.2, 0.25) is 0 Å². The zero-order chi connectivity index (χ0) is 33.1. The smallest absolute Gasteiger partial charge is 0.182 e. The first-order chi connectivity index (χ1) is 24.8. The minimum atomic E-state index is -0.553. The molecule has 1 spiro atoms. The van der Waals surface area contributed by atoms with Crippen LogP contribution in [-0.4, -0.2) is 19.9 Å². The van der Waals surface area contributed by atoms with Crippen LogP contribution in [-0.2, 0) is 5.41 Å². The van der Waals surface area contributed by atoms with Gasteiger partial charge in [0.25, 0.3) is 0 Å². The number of nitrogens with zero attached hydrogens (tertiary/aromatic N) is 4. The quantitative estimate of drug-likeness (QED) is 0.192. The highest BCUT2D eigenvalue weighted by atomic mass is 16.5. The predicted octanol–water partition coefficient (Wildman–Crippen LogP) is 10.4. The van der Waals surface area contributed by atoms with Crippen LogP contribution < -0.4 is 4.74 Å². The molecular formula is C45H28N4O. The summed E-state index contributed by atoms with van der Waals surface area (Å²) in [5.41, 5.74) is 11.3. The topological polar surface area (TPSA) is 60.8 Å². The highest BCUT2D eigenvalue weighted by Gasteiger charge is 2.51. The van der Waals surface area contributed by atoms with Crippen LogP contribution in [0.3, 0.4) is 0 Å². The van der Waals surface area contributed by atoms with E-state index in [1.165, 1.54) is 22.3 Å². The van der Waals surface area contributed by atoms with E-state index in [-0.39, 0.29) is 0 Å². The Bertz CT molecular complexity index is 2480. The zero-order valence-electron chi connectivity index (χ0n) is 26.9. The Labute approximate surface area is 289 Å². The summed E-state index contributed by atoms with van der Waals surface area (Å²) in [4.78, 5) is 19.5. The number of hydrogen-bond donors (Lipinski definition) is 0. The van der Waals surface area contributed by atoms with Gasteiger partial charge in [-0.2, -0.15) is 0 Å². The van der Waals surface area contributed by atoms with Gasteiger partial charge in [-0.25, -0.2) is 15.0 Å². The number of hydrogen-bond acceptors (Lipinski definition) is 5. The fourth-order valence-electron chi connectivity index (χ4n) is 7.78. The Morgan fingerprint density at radius 1 is 0.380 bits per heavy atom. The molecule has 0 bridgehead atoms. The third-order valence-electron chi connectivity index (χ3n) is 9.89. The van der Waals surface area contributed by atoms with Crippen molar-refractivity contribution in [2.75, 3.05) is 0 Å². The molecule has 0 atom stereocenters. The molecule has 0 saturated heterocycles. The number of para-hydroxylation sites is 1. The number of aromatic nitrogens is 4. The van der Waals surface area contributed by atoms with Gasteiger partial charge in [-0.05, 0) is 63.7 Å². The van der Waals surface area contributed by atoms with Crippen LogP contribution in [0.1, 0.15) is 22.3 Å². The van der Waals surface area contributed by atoms with Crippen molar-refractivity contribution in [3.63, 3.8) is 0 Å². The highest BCUT2D eigenvalue weighted by molar-refractivity contribution is 5.90. The third kappa shape index (κ3) is 4.20. The molecule has 0 unspecified atom stereocenters. The summed E-state index contributed by atoms with van der Waals surface area (Å²) in [6.45, 7) is 0. The van der Waals surface area contributed by atoms with Crippen LogP contribution >= 0.6 is 0 Å². The van der Waals surface area contributed by atoms with Crippen molar-refractivity contribution in [1.29, 1.82) is 0 Å². The lowest BCUT2D eigenvalue weighted by Gasteiger charge is -2.39. The Morgan fingerprint density at radius 3 is 1.70 bits per heavy atom. The Kier molecular flexibility index (Phi) is 6.33. The van der Waals surface area contributed by atoms with E-state index in [0.717, 1.165) is 44.9 Å². The number of pyridine rings is 1. The lowest BCUT2D eigenvalue weighted by molar-refractivity contribution is 0.436. The Hall–Kier alpha value is -6.72. The van der Waals surface area contributed by atoms with E-state index in [9.17, 15) is 0 Å². The fourth-order valence-corrected chi connectivity index (χ4v) is 7.78.